The third-order valence-electron chi connectivity index (χ3n) is 6.86. The maximum atomic E-state index is 11.0. The number of rotatable bonds is 1. The van der Waals surface area contributed by atoms with E-state index in [1.165, 1.54) is 12.0 Å². The van der Waals surface area contributed by atoms with Gasteiger partial charge in [0.1, 0.15) is 0 Å². The van der Waals surface area contributed by atoms with Gasteiger partial charge in [-0.1, -0.05) is 25.5 Å². The molecule has 2 aliphatic carbocycles. The lowest BCUT2D eigenvalue weighted by Crippen LogP contribution is -2.47. The quantitative estimate of drug-likeness (QED) is 0.562. The van der Waals surface area contributed by atoms with Crippen molar-refractivity contribution >= 4 is 0 Å². The summed E-state index contributed by atoms with van der Waals surface area (Å²) in [5.74, 6) is 2.31. The third kappa shape index (κ3) is 3.01. The van der Waals surface area contributed by atoms with Crippen LogP contribution in [0, 0.1) is 23.7 Å². The van der Waals surface area contributed by atoms with E-state index in [0.29, 0.717) is 29.8 Å². The second-order valence-electron chi connectivity index (χ2n) is 9.00. The van der Waals surface area contributed by atoms with Crippen molar-refractivity contribution < 1.29 is 9.84 Å². The summed E-state index contributed by atoms with van der Waals surface area (Å²) in [6, 6.07) is 0. The van der Waals surface area contributed by atoms with E-state index in [1.54, 1.807) is 0 Å². The summed E-state index contributed by atoms with van der Waals surface area (Å²) in [7, 11) is 0. The highest BCUT2D eigenvalue weighted by atomic mass is 16.6. The molecule has 6 atom stereocenters. The van der Waals surface area contributed by atoms with Crippen molar-refractivity contribution in [1.82, 2.24) is 0 Å². The zero-order valence-corrected chi connectivity index (χ0v) is 15.1. The number of ether oxygens (including phenoxy) is 1. The molecule has 2 fully saturated rings. The summed E-state index contributed by atoms with van der Waals surface area (Å²) in [5.41, 5.74) is 1.06. The molecule has 3 aliphatic rings. The molecule has 0 amide bonds. The summed E-state index contributed by atoms with van der Waals surface area (Å²) in [6.45, 7) is 11.3. The van der Waals surface area contributed by atoms with Gasteiger partial charge >= 0.3 is 0 Å². The van der Waals surface area contributed by atoms with Gasteiger partial charge in [0.2, 0.25) is 0 Å². The minimum absolute atomic E-state index is 0.0863. The first-order chi connectivity index (χ1) is 10.2. The van der Waals surface area contributed by atoms with Crippen LogP contribution in [0.1, 0.15) is 73.1 Å². The average Bonchev–Trinajstić information content (AvgIpc) is 3.06. The van der Waals surface area contributed by atoms with Gasteiger partial charge in [-0.25, -0.2) is 0 Å². The molecule has 0 bridgehead atoms. The Morgan fingerprint density at radius 2 is 1.91 bits per heavy atom. The number of hydrogen-bond acceptors (Lipinski definition) is 2. The van der Waals surface area contributed by atoms with Gasteiger partial charge in [0, 0.05) is 0 Å². The molecule has 126 valence electrons. The normalized spacial score (nSPS) is 51.5. The monoisotopic (exact) mass is 306 g/mol. The molecule has 2 heteroatoms. The first-order valence-electron chi connectivity index (χ1n) is 9.30. The molecule has 1 N–H and O–H groups in total. The number of aliphatic hydroxyl groups is 1. The van der Waals surface area contributed by atoms with E-state index in [1.807, 2.05) is 0 Å². The maximum absolute atomic E-state index is 11.0. The minimum Gasteiger partial charge on any atom is -0.390 e. The van der Waals surface area contributed by atoms with Gasteiger partial charge in [-0.05, 0) is 83.0 Å². The lowest BCUT2D eigenvalue weighted by atomic mass is 9.60. The molecule has 3 rings (SSSR count). The van der Waals surface area contributed by atoms with E-state index in [9.17, 15) is 5.11 Å². The molecule has 1 saturated heterocycles. The smallest absolute Gasteiger partial charge is 0.0920 e. The maximum Gasteiger partial charge on any atom is 0.0920 e. The summed E-state index contributed by atoms with van der Waals surface area (Å²) in [4.78, 5) is 0. The zero-order chi connectivity index (χ0) is 16.1. The average molecular weight is 306 g/mol. The molecular formula is C20H34O2. The lowest BCUT2D eigenvalue weighted by molar-refractivity contribution is -0.0802. The Balaban J connectivity index is 1.91. The Bertz CT molecular complexity index is 451. The standard InChI is InChI=1S/C20H34O2/c1-13(2)15-8-10-19(4,21)17-9-11-20(5)18(22-20)7-6-14(3)12-16(15)17/h12-13,15-18,21H,6-11H2,1-5H3/b14-12-/t15-,16-,17-,18-,19-,20-/m0/s1. The van der Waals surface area contributed by atoms with Crippen LogP contribution < -0.4 is 0 Å². The van der Waals surface area contributed by atoms with Crippen molar-refractivity contribution in [2.45, 2.75) is 90.4 Å². The second-order valence-corrected chi connectivity index (χ2v) is 9.00. The van der Waals surface area contributed by atoms with Gasteiger partial charge in [0.25, 0.3) is 0 Å². The van der Waals surface area contributed by atoms with Gasteiger partial charge in [-0.3, -0.25) is 0 Å². The molecule has 0 aromatic carbocycles. The van der Waals surface area contributed by atoms with Crippen molar-refractivity contribution in [1.29, 1.82) is 0 Å². The fraction of sp³-hybridized carbons (Fsp3) is 0.900. The van der Waals surface area contributed by atoms with E-state index < -0.39 is 5.60 Å². The predicted octanol–water partition coefficient (Wildman–Crippen LogP) is 4.71. The number of allylic oxidation sites excluding steroid dienone is 2. The highest BCUT2D eigenvalue weighted by Gasteiger charge is 2.53. The molecule has 0 spiro atoms. The first-order valence-corrected chi connectivity index (χ1v) is 9.30. The number of epoxide rings is 1. The van der Waals surface area contributed by atoms with E-state index in [-0.39, 0.29) is 5.60 Å². The molecule has 2 nitrogen and oxygen atoms in total. The molecule has 0 radical (unpaired) electrons. The van der Waals surface area contributed by atoms with Crippen LogP contribution in [-0.4, -0.2) is 22.4 Å². The number of fused-ring (bicyclic) bond motifs is 2. The van der Waals surface area contributed by atoms with Crippen molar-refractivity contribution in [3.63, 3.8) is 0 Å². The summed E-state index contributed by atoms with van der Waals surface area (Å²) in [6.07, 6.45) is 9.59. The molecular weight excluding hydrogens is 272 g/mol. The molecule has 0 unspecified atom stereocenters. The largest absolute Gasteiger partial charge is 0.390 e. The fourth-order valence-electron chi connectivity index (χ4n) is 5.16. The van der Waals surface area contributed by atoms with Crippen molar-refractivity contribution in [2.75, 3.05) is 0 Å². The first kappa shape index (κ1) is 16.5. The Morgan fingerprint density at radius 1 is 1.18 bits per heavy atom. The van der Waals surface area contributed by atoms with Gasteiger partial charge in [-0.15, -0.1) is 0 Å². The molecule has 1 heterocycles. The van der Waals surface area contributed by atoms with Gasteiger partial charge < -0.3 is 9.84 Å². The molecule has 22 heavy (non-hydrogen) atoms. The lowest BCUT2D eigenvalue weighted by Gasteiger charge is -2.48. The Morgan fingerprint density at radius 3 is 2.59 bits per heavy atom. The van der Waals surface area contributed by atoms with Crippen LogP contribution in [0.3, 0.4) is 0 Å². The highest BCUT2D eigenvalue weighted by molar-refractivity contribution is 5.12. The van der Waals surface area contributed by atoms with Crippen molar-refractivity contribution in [3.8, 4) is 0 Å². The van der Waals surface area contributed by atoms with Crippen LogP contribution in [0.25, 0.3) is 0 Å². The van der Waals surface area contributed by atoms with Gasteiger partial charge in [-0.2, -0.15) is 0 Å². The van der Waals surface area contributed by atoms with E-state index in [0.717, 1.165) is 32.1 Å². The SMILES string of the molecule is C/C1=C/[C@H]2[C@H](C(C)C)CC[C@](C)(O)[C@H]2CC[C@]2(C)O[C@H]2CC1. The minimum atomic E-state index is -0.521. The van der Waals surface area contributed by atoms with Gasteiger partial charge in [0.15, 0.2) is 0 Å². The highest BCUT2D eigenvalue weighted by Crippen LogP contribution is 2.51. The topological polar surface area (TPSA) is 32.8 Å². The fourth-order valence-corrected chi connectivity index (χ4v) is 5.16. The van der Waals surface area contributed by atoms with Crippen LogP contribution in [0.5, 0.6) is 0 Å². The predicted molar refractivity (Wildman–Crippen MR) is 90.7 cm³/mol. The van der Waals surface area contributed by atoms with E-state index in [2.05, 4.69) is 40.7 Å². The van der Waals surface area contributed by atoms with E-state index >= 15 is 0 Å². The Kier molecular flexibility index (Phi) is 4.23. The van der Waals surface area contributed by atoms with Crippen molar-refractivity contribution in [3.05, 3.63) is 11.6 Å². The number of hydrogen-bond donors (Lipinski definition) is 1. The molecule has 1 saturated carbocycles. The third-order valence-corrected chi connectivity index (χ3v) is 6.86. The van der Waals surface area contributed by atoms with Crippen molar-refractivity contribution in [2.24, 2.45) is 23.7 Å². The summed E-state index contributed by atoms with van der Waals surface area (Å²) < 4.78 is 6.00. The molecule has 1 aliphatic heterocycles. The van der Waals surface area contributed by atoms with Crippen LogP contribution in [-0.2, 0) is 4.74 Å². The zero-order valence-electron chi connectivity index (χ0n) is 15.1. The summed E-state index contributed by atoms with van der Waals surface area (Å²) in [5, 5.41) is 11.0. The molecule has 0 aromatic rings. The van der Waals surface area contributed by atoms with Gasteiger partial charge in [0.05, 0.1) is 17.3 Å². The Labute approximate surface area is 136 Å². The second kappa shape index (κ2) is 5.63. The van der Waals surface area contributed by atoms with Crippen LogP contribution in [0.4, 0.5) is 0 Å². The van der Waals surface area contributed by atoms with Crippen LogP contribution >= 0.6 is 0 Å². The van der Waals surface area contributed by atoms with Crippen LogP contribution in [0.2, 0.25) is 0 Å². The molecule has 0 aromatic heterocycles. The summed E-state index contributed by atoms with van der Waals surface area (Å²) >= 11 is 0. The van der Waals surface area contributed by atoms with E-state index in [4.69, 9.17) is 4.74 Å². The Hall–Kier alpha value is -0.340. The van der Waals surface area contributed by atoms with Crippen LogP contribution in [0.15, 0.2) is 11.6 Å².